The van der Waals surface area contributed by atoms with Crippen LogP contribution in [-0.2, 0) is 0 Å². The number of nitrogen functional groups attached to an aromatic ring is 1. The number of anilines is 1. The van der Waals surface area contributed by atoms with Gasteiger partial charge in [-0.2, -0.15) is 0 Å². The Kier molecular flexibility index (Phi) is 5.24. The van der Waals surface area contributed by atoms with Crippen molar-refractivity contribution in [3.05, 3.63) is 121 Å². The van der Waals surface area contributed by atoms with E-state index in [-0.39, 0.29) is 0 Å². The molecule has 4 nitrogen and oxygen atoms in total. The van der Waals surface area contributed by atoms with Crippen LogP contribution in [0.3, 0.4) is 0 Å². The first-order chi connectivity index (χ1) is 17.3. The number of aromatic nitrogens is 3. The fourth-order valence-corrected chi connectivity index (χ4v) is 4.40. The van der Waals surface area contributed by atoms with Crippen LogP contribution in [0, 0.1) is 0 Å². The molecule has 4 heteroatoms. The van der Waals surface area contributed by atoms with Crippen molar-refractivity contribution in [1.82, 2.24) is 15.0 Å². The molecule has 0 atom stereocenters. The van der Waals surface area contributed by atoms with Crippen molar-refractivity contribution in [2.24, 2.45) is 0 Å². The summed E-state index contributed by atoms with van der Waals surface area (Å²) in [7, 11) is 0. The van der Waals surface area contributed by atoms with Crippen molar-refractivity contribution in [1.29, 1.82) is 0 Å². The molecular weight excluding hydrogens is 428 g/mol. The molecule has 5 aromatic carbocycles. The third-order valence-corrected chi connectivity index (χ3v) is 6.12. The molecule has 1 aromatic heterocycles. The molecule has 166 valence electrons. The van der Waals surface area contributed by atoms with E-state index in [0.717, 1.165) is 44.3 Å². The van der Waals surface area contributed by atoms with Crippen LogP contribution in [0.5, 0.6) is 0 Å². The Balaban J connectivity index is 1.60. The summed E-state index contributed by atoms with van der Waals surface area (Å²) in [5.74, 6) is 1.94. The van der Waals surface area contributed by atoms with Gasteiger partial charge in [-0.25, -0.2) is 15.0 Å². The van der Waals surface area contributed by atoms with Gasteiger partial charge in [-0.05, 0) is 28.5 Å². The maximum Gasteiger partial charge on any atom is 0.164 e. The van der Waals surface area contributed by atoms with Crippen molar-refractivity contribution in [2.75, 3.05) is 5.73 Å². The van der Waals surface area contributed by atoms with E-state index in [1.807, 2.05) is 91.0 Å². The summed E-state index contributed by atoms with van der Waals surface area (Å²) in [5.41, 5.74) is 12.0. The standard InChI is InChI=1S/C31H22N4/c32-28-18-10-9-17-26(28)25-19-20-27(24-16-8-7-15-23(24)25)31-34-29(21-11-3-1-4-12-21)33-30(35-31)22-13-5-2-6-14-22/h1-20H,32H2. The number of fused-ring (bicyclic) bond motifs is 1. The van der Waals surface area contributed by atoms with Crippen LogP contribution in [0.1, 0.15) is 0 Å². The summed E-state index contributed by atoms with van der Waals surface area (Å²) in [6.45, 7) is 0. The largest absolute Gasteiger partial charge is 0.398 e. The number of rotatable bonds is 4. The average molecular weight is 451 g/mol. The highest BCUT2D eigenvalue weighted by atomic mass is 15.0. The quantitative estimate of drug-likeness (QED) is 0.287. The molecule has 0 bridgehead atoms. The molecule has 0 spiro atoms. The minimum Gasteiger partial charge on any atom is -0.398 e. The van der Waals surface area contributed by atoms with Gasteiger partial charge in [0.1, 0.15) is 0 Å². The van der Waals surface area contributed by atoms with E-state index in [0.29, 0.717) is 17.5 Å². The third-order valence-electron chi connectivity index (χ3n) is 6.12. The normalized spacial score (nSPS) is 11.0. The molecule has 6 aromatic rings. The molecule has 0 saturated heterocycles. The highest BCUT2D eigenvalue weighted by Crippen LogP contribution is 2.37. The van der Waals surface area contributed by atoms with Crippen molar-refractivity contribution >= 4 is 16.5 Å². The summed E-state index contributed by atoms with van der Waals surface area (Å²) < 4.78 is 0. The molecule has 0 unspecified atom stereocenters. The molecule has 1 heterocycles. The van der Waals surface area contributed by atoms with E-state index in [1.165, 1.54) is 0 Å². The summed E-state index contributed by atoms with van der Waals surface area (Å²) in [6, 6.07) is 40.5. The summed E-state index contributed by atoms with van der Waals surface area (Å²) in [5, 5.41) is 2.17. The van der Waals surface area contributed by atoms with E-state index in [9.17, 15) is 0 Å². The lowest BCUT2D eigenvalue weighted by Crippen LogP contribution is -2.00. The molecule has 0 aliphatic rings. The van der Waals surface area contributed by atoms with Gasteiger partial charge in [0.15, 0.2) is 17.5 Å². The van der Waals surface area contributed by atoms with Gasteiger partial charge in [-0.3, -0.25) is 0 Å². The van der Waals surface area contributed by atoms with E-state index in [4.69, 9.17) is 20.7 Å². The van der Waals surface area contributed by atoms with Crippen LogP contribution in [0.2, 0.25) is 0 Å². The monoisotopic (exact) mass is 450 g/mol. The Morgan fingerprint density at radius 2 is 0.829 bits per heavy atom. The van der Waals surface area contributed by atoms with Crippen molar-refractivity contribution in [3.63, 3.8) is 0 Å². The van der Waals surface area contributed by atoms with Crippen molar-refractivity contribution in [3.8, 4) is 45.3 Å². The lowest BCUT2D eigenvalue weighted by molar-refractivity contribution is 1.08. The van der Waals surface area contributed by atoms with Gasteiger partial charge >= 0.3 is 0 Å². The molecule has 0 fully saturated rings. The predicted molar refractivity (Wildman–Crippen MR) is 143 cm³/mol. The Morgan fingerprint density at radius 3 is 1.43 bits per heavy atom. The van der Waals surface area contributed by atoms with Crippen LogP contribution >= 0.6 is 0 Å². The minimum absolute atomic E-state index is 0.640. The van der Waals surface area contributed by atoms with Crippen LogP contribution in [-0.4, -0.2) is 15.0 Å². The van der Waals surface area contributed by atoms with E-state index < -0.39 is 0 Å². The second kappa shape index (κ2) is 8.84. The van der Waals surface area contributed by atoms with Crippen LogP contribution in [0.25, 0.3) is 56.1 Å². The summed E-state index contributed by atoms with van der Waals surface area (Å²) in [4.78, 5) is 14.7. The van der Waals surface area contributed by atoms with Crippen molar-refractivity contribution in [2.45, 2.75) is 0 Å². The Hall–Kier alpha value is -4.83. The zero-order valence-corrected chi connectivity index (χ0v) is 19.0. The van der Waals surface area contributed by atoms with E-state index in [2.05, 4.69) is 30.3 Å². The number of para-hydroxylation sites is 1. The molecule has 0 radical (unpaired) electrons. The zero-order valence-electron chi connectivity index (χ0n) is 19.0. The molecule has 0 saturated carbocycles. The SMILES string of the molecule is Nc1ccccc1-c1ccc(-c2nc(-c3ccccc3)nc(-c3ccccc3)n2)c2ccccc12. The number of hydrogen-bond acceptors (Lipinski definition) is 4. The topological polar surface area (TPSA) is 64.7 Å². The van der Waals surface area contributed by atoms with Crippen molar-refractivity contribution < 1.29 is 0 Å². The summed E-state index contributed by atoms with van der Waals surface area (Å²) in [6.07, 6.45) is 0. The average Bonchev–Trinajstić information content (AvgIpc) is 2.93. The van der Waals surface area contributed by atoms with Gasteiger partial charge in [0.25, 0.3) is 0 Å². The van der Waals surface area contributed by atoms with E-state index in [1.54, 1.807) is 0 Å². The highest BCUT2D eigenvalue weighted by molar-refractivity contribution is 6.05. The van der Waals surface area contributed by atoms with Crippen LogP contribution < -0.4 is 5.73 Å². The third kappa shape index (κ3) is 3.91. The molecule has 0 aliphatic heterocycles. The lowest BCUT2D eigenvalue weighted by Gasteiger charge is -2.14. The Labute approximate surface area is 203 Å². The molecule has 6 rings (SSSR count). The van der Waals surface area contributed by atoms with E-state index >= 15 is 0 Å². The van der Waals surface area contributed by atoms with Gasteiger partial charge in [0.05, 0.1) is 0 Å². The maximum atomic E-state index is 6.33. The first kappa shape index (κ1) is 20.8. The van der Waals surface area contributed by atoms with Crippen LogP contribution in [0.15, 0.2) is 121 Å². The molecule has 0 aliphatic carbocycles. The number of benzene rings is 5. The Bertz CT molecular complexity index is 1590. The number of hydrogen-bond donors (Lipinski definition) is 1. The second-order valence-corrected chi connectivity index (χ2v) is 8.33. The molecule has 35 heavy (non-hydrogen) atoms. The van der Waals surface area contributed by atoms with Gasteiger partial charge in [-0.15, -0.1) is 0 Å². The lowest BCUT2D eigenvalue weighted by atomic mass is 9.94. The van der Waals surface area contributed by atoms with Gasteiger partial charge in [-0.1, -0.05) is 109 Å². The Morgan fingerprint density at radius 1 is 0.371 bits per heavy atom. The number of nitrogens with zero attached hydrogens (tertiary/aromatic N) is 3. The maximum absolute atomic E-state index is 6.33. The van der Waals surface area contributed by atoms with Gasteiger partial charge < -0.3 is 5.73 Å². The molecule has 0 amide bonds. The van der Waals surface area contributed by atoms with Crippen LogP contribution in [0.4, 0.5) is 5.69 Å². The number of nitrogens with two attached hydrogens (primary N) is 1. The fraction of sp³-hybridized carbons (Fsp3) is 0. The molecule has 2 N–H and O–H groups in total. The summed E-state index contributed by atoms with van der Waals surface area (Å²) >= 11 is 0. The predicted octanol–water partition coefficient (Wildman–Crippen LogP) is 7.28. The molecular formula is C31H22N4. The first-order valence-corrected chi connectivity index (χ1v) is 11.5. The first-order valence-electron chi connectivity index (χ1n) is 11.5. The highest BCUT2D eigenvalue weighted by Gasteiger charge is 2.16. The smallest absolute Gasteiger partial charge is 0.164 e. The van der Waals surface area contributed by atoms with Gasteiger partial charge in [0.2, 0.25) is 0 Å². The fourth-order valence-electron chi connectivity index (χ4n) is 4.40. The van der Waals surface area contributed by atoms with Gasteiger partial charge in [0, 0.05) is 27.9 Å². The zero-order chi connectivity index (χ0) is 23.6. The second-order valence-electron chi connectivity index (χ2n) is 8.33. The minimum atomic E-state index is 0.640.